The lowest BCUT2D eigenvalue weighted by atomic mass is 9.48. The van der Waals surface area contributed by atoms with Crippen molar-refractivity contribution in [2.75, 3.05) is 13.7 Å². The third kappa shape index (κ3) is 3.87. The van der Waals surface area contributed by atoms with Gasteiger partial charge in [0.05, 0.1) is 19.3 Å². The Balaban J connectivity index is 1.44. The van der Waals surface area contributed by atoms with Crippen LogP contribution in [0.5, 0.6) is 5.75 Å². The minimum Gasteiger partial charge on any atom is -0.496 e. The number of carbonyl (C=O) groups excluding carboxylic acids is 1. The van der Waals surface area contributed by atoms with Gasteiger partial charge >= 0.3 is 5.97 Å². The molecule has 4 saturated carbocycles. The van der Waals surface area contributed by atoms with Crippen LogP contribution in [0.25, 0.3) is 11.6 Å². The molecule has 32 heavy (non-hydrogen) atoms. The third-order valence-electron chi connectivity index (χ3n) is 8.07. The van der Waals surface area contributed by atoms with Gasteiger partial charge in [-0.25, -0.2) is 4.79 Å². The molecule has 2 aromatic rings. The largest absolute Gasteiger partial charge is 0.496 e. The Hall–Kier alpha value is -2.55. The molecule has 4 fully saturated rings. The number of ether oxygens (including phenoxy) is 2. The summed E-state index contributed by atoms with van der Waals surface area (Å²) >= 11 is 0. The highest BCUT2D eigenvalue weighted by atomic mass is 16.5. The lowest BCUT2D eigenvalue weighted by Crippen LogP contribution is -2.48. The number of rotatable bonds is 6. The fourth-order valence-corrected chi connectivity index (χ4v) is 7.07. The van der Waals surface area contributed by atoms with Gasteiger partial charge in [0.25, 0.3) is 0 Å². The van der Waals surface area contributed by atoms with Crippen molar-refractivity contribution < 1.29 is 14.3 Å². The van der Waals surface area contributed by atoms with Crippen molar-refractivity contribution in [3.8, 4) is 5.75 Å². The highest BCUT2D eigenvalue weighted by Gasteiger charge is 2.52. The second kappa shape index (κ2) is 8.42. The van der Waals surface area contributed by atoms with Crippen LogP contribution in [0, 0.1) is 17.8 Å². The first kappa shape index (κ1) is 21.3. The number of allylic oxidation sites excluding steroid dienone is 1. The first-order valence-electron chi connectivity index (χ1n) is 12.1. The quantitative estimate of drug-likeness (QED) is 0.369. The van der Waals surface area contributed by atoms with E-state index in [0.717, 1.165) is 29.1 Å². The minimum absolute atomic E-state index is 0.268. The fraction of sp³-hybridized carbons (Fsp3) is 0.483. The molecule has 168 valence electrons. The summed E-state index contributed by atoms with van der Waals surface area (Å²) < 4.78 is 11.0. The van der Waals surface area contributed by atoms with E-state index >= 15 is 0 Å². The highest BCUT2D eigenvalue weighted by Crippen LogP contribution is 2.62. The van der Waals surface area contributed by atoms with Crippen LogP contribution >= 0.6 is 0 Å². The average molecular weight is 431 g/mol. The summed E-state index contributed by atoms with van der Waals surface area (Å²) in [7, 11) is 1.81. The van der Waals surface area contributed by atoms with E-state index < -0.39 is 0 Å². The standard InChI is InChI=1S/C29H34O3/c1-4-32-28(30)24-7-5-20(6-8-24)11-19(2)25-9-10-27(31-3)26(15-25)29-16-21-12-22(17-29)14-23(13-21)18-29/h5-11,15,21-23H,4,12-14,16-18H2,1-3H3/b19-11-. The fourth-order valence-electron chi connectivity index (χ4n) is 7.07. The number of benzene rings is 2. The van der Waals surface area contributed by atoms with Crippen molar-refractivity contribution in [2.45, 2.75) is 57.8 Å². The monoisotopic (exact) mass is 430 g/mol. The minimum atomic E-state index is -0.268. The molecule has 3 heteroatoms. The maximum Gasteiger partial charge on any atom is 0.338 e. The van der Waals surface area contributed by atoms with Crippen LogP contribution in [0.4, 0.5) is 0 Å². The van der Waals surface area contributed by atoms with Crippen molar-refractivity contribution in [3.05, 3.63) is 64.7 Å². The van der Waals surface area contributed by atoms with Gasteiger partial charge in [-0.1, -0.05) is 24.3 Å². The van der Waals surface area contributed by atoms with E-state index in [9.17, 15) is 4.79 Å². The second-order valence-corrected chi connectivity index (χ2v) is 10.3. The van der Waals surface area contributed by atoms with Gasteiger partial charge in [0.2, 0.25) is 0 Å². The predicted molar refractivity (Wildman–Crippen MR) is 129 cm³/mol. The van der Waals surface area contributed by atoms with Gasteiger partial charge in [-0.3, -0.25) is 0 Å². The summed E-state index contributed by atoms with van der Waals surface area (Å²) in [6.07, 6.45) is 10.5. The van der Waals surface area contributed by atoms with Gasteiger partial charge in [0, 0.05) is 5.56 Å². The lowest BCUT2D eigenvalue weighted by molar-refractivity contribution is -0.00616. The molecule has 0 heterocycles. The summed E-state index contributed by atoms with van der Waals surface area (Å²) in [5.74, 6) is 3.51. The Morgan fingerprint density at radius 1 is 0.969 bits per heavy atom. The zero-order chi connectivity index (χ0) is 22.3. The number of hydrogen-bond acceptors (Lipinski definition) is 3. The predicted octanol–water partition coefficient (Wildman–Crippen LogP) is 6.90. The molecule has 0 radical (unpaired) electrons. The summed E-state index contributed by atoms with van der Waals surface area (Å²) in [6, 6.07) is 14.4. The third-order valence-corrected chi connectivity index (χ3v) is 8.07. The van der Waals surface area contributed by atoms with Crippen LogP contribution in [-0.4, -0.2) is 19.7 Å². The van der Waals surface area contributed by atoms with E-state index in [1.54, 1.807) is 0 Å². The zero-order valence-electron chi connectivity index (χ0n) is 19.5. The summed E-state index contributed by atoms with van der Waals surface area (Å²) in [5, 5.41) is 0. The molecule has 4 bridgehead atoms. The molecule has 3 nitrogen and oxygen atoms in total. The number of carbonyl (C=O) groups is 1. The number of hydrogen-bond donors (Lipinski definition) is 0. The van der Waals surface area contributed by atoms with Crippen molar-refractivity contribution >= 4 is 17.6 Å². The summed E-state index contributed by atoms with van der Waals surface area (Å²) in [6.45, 7) is 4.39. The smallest absolute Gasteiger partial charge is 0.338 e. The van der Waals surface area contributed by atoms with Crippen LogP contribution in [0.3, 0.4) is 0 Å². The Bertz CT molecular complexity index is 996. The van der Waals surface area contributed by atoms with Gasteiger partial charge in [0.15, 0.2) is 0 Å². The Morgan fingerprint density at radius 2 is 1.56 bits per heavy atom. The molecule has 4 aliphatic rings. The molecule has 0 aliphatic heterocycles. The molecular weight excluding hydrogens is 396 g/mol. The lowest BCUT2D eigenvalue weighted by Gasteiger charge is -2.57. The molecule has 6 rings (SSSR count). The van der Waals surface area contributed by atoms with Gasteiger partial charge in [-0.2, -0.15) is 0 Å². The van der Waals surface area contributed by atoms with Crippen LogP contribution in [-0.2, 0) is 10.2 Å². The molecule has 0 N–H and O–H groups in total. The van der Waals surface area contributed by atoms with Crippen molar-refractivity contribution in [1.29, 1.82) is 0 Å². The van der Waals surface area contributed by atoms with Crippen LogP contribution in [0.15, 0.2) is 42.5 Å². The van der Waals surface area contributed by atoms with Crippen molar-refractivity contribution in [3.63, 3.8) is 0 Å². The van der Waals surface area contributed by atoms with E-state index in [0.29, 0.717) is 17.6 Å². The van der Waals surface area contributed by atoms with Crippen LogP contribution in [0.2, 0.25) is 0 Å². The molecule has 0 spiro atoms. The molecule has 0 unspecified atom stereocenters. The molecule has 0 saturated heterocycles. The Kier molecular flexibility index (Phi) is 5.61. The van der Waals surface area contributed by atoms with Crippen LogP contribution in [0.1, 0.15) is 79.4 Å². The van der Waals surface area contributed by atoms with Crippen molar-refractivity contribution in [2.24, 2.45) is 17.8 Å². The van der Waals surface area contributed by atoms with Gasteiger partial charge in [-0.05, 0) is 117 Å². The normalized spacial score (nSPS) is 28.6. The number of esters is 1. The summed E-state index contributed by atoms with van der Waals surface area (Å²) in [5.41, 5.74) is 5.89. The molecule has 0 amide bonds. The first-order chi connectivity index (χ1) is 15.5. The Labute approximate surface area is 191 Å². The number of methoxy groups -OCH3 is 1. The van der Waals surface area contributed by atoms with E-state index in [-0.39, 0.29) is 5.97 Å². The molecule has 0 aromatic heterocycles. The molecule has 2 aromatic carbocycles. The average Bonchev–Trinajstić information content (AvgIpc) is 2.78. The van der Waals surface area contributed by atoms with Crippen LogP contribution < -0.4 is 4.74 Å². The molecular formula is C29H34O3. The van der Waals surface area contributed by atoms with Crippen molar-refractivity contribution in [1.82, 2.24) is 0 Å². The van der Waals surface area contributed by atoms with E-state index in [1.165, 1.54) is 55.2 Å². The maximum atomic E-state index is 11.9. The van der Waals surface area contributed by atoms with E-state index in [2.05, 4.69) is 31.2 Å². The SMILES string of the molecule is CCOC(=O)c1ccc(/C=C(/C)c2ccc(OC)c(C34CC5CC(CC(C5)C3)C4)c2)cc1. The highest BCUT2D eigenvalue weighted by molar-refractivity contribution is 5.90. The second-order valence-electron chi connectivity index (χ2n) is 10.3. The van der Waals surface area contributed by atoms with E-state index in [4.69, 9.17) is 9.47 Å². The molecule has 0 atom stereocenters. The van der Waals surface area contributed by atoms with Gasteiger partial charge in [0.1, 0.15) is 5.75 Å². The summed E-state index contributed by atoms with van der Waals surface area (Å²) in [4.78, 5) is 11.9. The first-order valence-corrected chi connectivity index (χ1v) is 12.1. The Morgan fingerprint density at radius 3 is 2.12 bits per heavy atom. The van der Waals surface area contributed by atoms with Gasteiger partial charge < -0.3 is 9.47 Å². The topological polar surface area (TPSA) is 35.5 Å². The maximum absolute atomic E-state index is 11.9. The molecule has 4 aliphatic carbocycles. The van der Waals surface area contributed by atoms with Gasteiger partial charge in [-0.15, -0.1) is 0 Å². The zero-order valence-corrected chi connectivity index (χ0v) is 19.5. The van der Waals surface area contributed by atoms with E-state index in [1.807, 2.05) is 38.3 Å².